The molecule has 0 spiro atoms. The SMILES string of the molecule is Cc1ccc(C2=Nn3c(nnc3-c3cc(Cl)cc(Cl)c3)SC2)cc1. The van der Waals surface area contributed by atoms with E-state index in [0.717, 1.165) is 27.7 Å². The van der Waals surface area contributed by atoms with Crippen LogP contribution in [0.25, 0.3) is 11.4 Å². The van der Waals surface area contributed by atoms with E-state index in [0.29, 0.717) is 15.9 Å². The third-order valence-corrected chi connectivity index (χ3v) is 5.04. The van der Waals surface area contributed by atoms with Crippen LogP contribution >= 0.6 is 35.0 Å². The van der Waals surface area contributed by atoms with Crippen molar-refractivity contribution in [1.82, 2.24) is 14.9 Å². The minimum absolute atomic E-state index is 0.557. The smallest absolute Gasteiger partial charge is 0.187 e. The highest BCUT2D eigenvalue weighted by Crippen LogP contribution is 2.31. The Kier molecular flexibility index (Phi) is 4.08. The van der Waals surface area contributed by atoms with E-state index in [1.165, 1.54) is 5.56 Å². The molecule has 0 aliphatic carbocycles. The monoisotopic (exact) mass is 374 g/mol. The molecule has 2 aromatic carbocycles. The third kappa shape index (κ3) is 2.95. The van der Waals surface area contributed by atoms with Crippen LogP contribution in [0.3, 0.4) is 0 Å². The summed E-state index contributed by atoms with van der Waals surface area (Å²) in [6, 6.07) is 13.6. The Labute approximate surface area is 153 Å². The van der Waals surface area contributed by atoms with Crippen molar-refractivity contribution in [2.24, 2.45) is 5.10 Å². The lowest BCUT2D eigenvalue weighted by atomic mass is 10.1. The van der Waals surface area contributed by atoms with Gasteiger partial charge in [-0.3, -0.25) is 0 Å². The summed E-state index contributed by atoms with van der Waals surface area (Å²) in [6.07, 6.45) is 0. The van der Waals surface area contributed by atoms with Crippen molar-refractivity contribution in [3.8, 4) is 11.4 Å². The van der Waals surface area contributed by atoms with E-state index in [1.54, 1.807) is 22.5 Å². The first-order valence-electron chi connectivity index (χ1n) is 7.30. The maximum Gasteiger partial charge on any atom is 0.212 e. The zero-order valence-corrected chi connectivity index (χ0v) is 15.0. The number of halogens is 2. The normalized spacial score (nSPS) is 13.5. The van der Waals surface area contributed by atoms with Crippen LogP contribution in [-0.4, -0.2) is 26.3 Å². The Balaban J connectivity index is 1.80. The average molecular weight is 375 g/mol. The van der Waals surface area contributed by atoms with Crippen LogP contribution < -0.4 is 0 Å². The molecule has 120 valence electrons. The molecule has 0 unspecified atom stereocenters. The van der Waals surface area contributed by atoms with E-state index in [9.17, 15) is 0 Å². The molecule has 0 saturated carbocycles. The molecule has 24 heavy (non-hydrogen) atoms. The van der Waals surface area contributed by atoms with Crippen LogP contribution in [0.15, 0.2) is 52.7 Å². The van der Waals surface area contributed by atoms with Gasteiger partial charge in [-0.2, -0.15) is 9.78 Å². The van der Waals surface area contributed by atoms with Gasteiger partial charge in [-0.15, -0.1) is 10.2 Å². The Morgan fingerprint density at radius 3 is 2.38 bits per heavy atom. The molecule has 0 radical (unpaired) electrons. The van der Waals surface area contributed by atoms with Gasteiger partial charge < -0.3 is 0 Å². The number of rotatable bonds is 2. The van der Waals surface area contributed by atoms with Crippen molar-refractivity contribution < 1.29 is 0 Å². The maximum absolute atomic E-state index is 6.11. The first-order chi connectivity index (χ1) is 11.6. The maximum atomic E-state index is 6.11. The number of hydrogen-bond acceptors (Lipinski definition) is 4. The molecular weight excluding hydrogens is 363 g/mol. The summed E-state index contributed by atoms with van der Waals surface area (Å²) in [5, 5.41) is 15.1. The molecule has 4 rings (SSSR count). The van der Waals surface area contributed by atoms with E-state index in [-0.39, 0.29) is 0 Å². The van der Waals surface area contributed by atoms with Gasteiger partial charge in [-0.1, -0.05) is 64.8 Å². The summed E-state index contributed by atoms with van der Waals surface area (Å²) in [5.74, 6) is 1.39. The summed E-state index contributed by atoms with van der Waals surface area (Å²) in [6.45, 7) is 2.07. The van der Waals surface area contributed by atoms with Gasteiger partial charge in [0.25, 0.3) is 0 Å². The number of thioether (sulfide) groups is 1. The molecular formula is C17H12Cl2N4S. The number of fused-ring (bicyclic) bond motifs is 1. The highest BCUT2D eigenvalue weighted by Gasteiger charge is 2.21. The van der Waals surface area contributed by atoms with Crippen LogP contribution in [0.4, 0.5) is 0 Å². The van der Waals surface area contributed by atoms with Gasteiger partial charge in [0.1, 0.15) is 0 Å². The summed E-state index contributed by atoms with van der Waals surface area (Å²) in [7, 11) is 0. The lowest BCUT2D eigenvalue weighted by Gasteiger charge is -2.14. The van der Waals surface area contributed by atoms with Gasteiger partial charge in [0.15, 0.2) is 5.82 Å². The van der Waals surface area contributed by atoms with Crippen LogP contribution in [0, 0.1) is 6.92 Å². The molecule has 3 aromatic rings. The van der Waals surface area contributed by atoms with Crippen molar-refractivity contribution in [2.75, 3.05) is 5.75 Å². The minimum Gasteiger partial charge on any atom is -0.187 e. The fraction of sp³-hybridized carbons (Fsp3) is 0.118. The quantitative estimate of drug-likeness (QED) is 0.639. The predicted octanol–water partition coefficient (Wildman–Crippen LogP) is 4.92. The van der Waals surface area contributed by atoms with Gasteiger partial charge in [0.05, 0.1) is 5.71 Å². The zero-order valence-electron chi connectivity index (χ0n) is 12.7. The summed E-state index contributed by atoms with van der Waals surface area (Å²) < 4.78 is 1.76. The van der Waals surface area contributed by atoms with Gasteiger partial charge >= 0.3 is 0 Å². The van der Waals surface area contributed by atoms with Crippen LogP contribution in [0.5, 0.6) is 0 Å². The standard InChI is InChI=1S/C17H12Cl2N4S/c1-10-2-4-11(5-3-10)15-9-24-17-21-20-16(23(17)22-15)12-6-13(18)8-14(19)7-12/h2-8H,9H2,1H3. The second-order valence-corrected chi connectivity index (χ2v) is 7.29. The molecule has 2 heterocycles. The largest absolute Gasteiger partial charge is 0.212 e. The van der Waals surface area contributed by atoms with Gasteiger partial charge in [0, 0.05) is 21.4 Å². The molecule has 0 saturated heterocycles. The first kappa shape index (κ1) is 15.7. The van der Waals surface area contributed by atoms with E-state index in [4.69, 9.17) is 28.3 Å². The molecule has 1 aliphatic rings. The number of hydrogen-bond donors (Lipinski definition) is 0. The molecule has 1 aromatic heterocycles. The Morgan fingerprint density at radius 1 is 0.958 bits per heavy atom. The highest BCUT2D eigenvalue weighted by molar-refractivity contribution is 7.99. The third-order valence-electron chi connectivity index (χ3n) is 3.68. The fourth-order valence-electron chi connectivity index (χ4n) is 2.48. The van der Waals surface area contributed by atoms with Crippen molar-refractivity contribution in [1.29, 1.82) is 0 Å². The Hall–Kier alpha value is -1.82. The van der Waals surface area contributed by atoms with Crippen molar-refractivity contribution in [3.63, 3.8) is 0 Å². The van der Waals surface area contributed by atoms with Gasteiger partial charge in [0.2, 0.25) is 5.16 Å². The first-order valence-corrected chi connectivity index (χ1v) is 9.04. The summed E-state index contributed by atoms with van der Waals surface area (Å²) >= 11 is 13.8. The van der Waals surface area contributed by atoms with Gasteiger partial charge in [-0.25, -0.2) is 0 Å². The number of benzene rings is 2. The minimum atomic E-state index is 0.557. The molecule has 7 heteroatoms. The second kappa shape index (κ2) is 6.24. The van der Waals surface area contributed by atoms with E-state index >= 15 is 0 Å². The Morgan fingerprint density at radius 2 is 1.67 bits per heavy atom. The lowest BCUT2D eigenvalue weighted by Crippen LogP contribution is -2.13. The van der Waals surface area contributed by atoms with E-state index in [1.807, 2.05) is 12.1 Å². The van der Waals surface area contributed by atoms with Crippen molar-refractivity contribution >= 4 is 40.7 Å². The number of aryl methyl sites for hydroxylation is 1. The zero-order chi connectivity index (χ0) is 16.7. The van der Waals surface area contributed by atoms with Crippen LogP contribution in [0.1, 0.15) is 11.1 Å². The molecule has 4 nitrogen and oxygen atoms in total. The fourth-order valence-corrected chi connectivity index (χ4v) is 3.84. The molecule has 0 N–H and O–H groups in total. The molecule has 0 atom stereocenters. The van der Waals surface area contributed by atoms with Crippen molar-refractivity contribution in [2.45, 2.75) is 12.1 Å². The summed E-state index contributed by atoms with van der Waals surface area (Å²) in [5.41, 5.74) is 4.10. The molecule has 0 fully saturated rings. The second-order valence-electron chi connectivity index (χ2n) is 5.48. The Bertz CT molecular complexity index is 927. The summed E-state index contributed by atoms with van der Waals surface area (Å²) in [4.78, 5) is 0. The van der Waals surface area contributed by atoms with Crippen LogP contribution in [-0.2, 0) is 0 Å². The van der Waals surface area contributed by atoms with E-state index < -0.39 is 0 Å². The topological polar surface area (TPSA) is 43.1 Å². The number of nitrogens with zero attached hydrogens (tertiary/aromatic N) is 4. The predicted molar refractivity (Wildman–Crippen MR) is 99.3 cm³/mol. The molecule has 1 aliphatic heterocycles. The number of aromatic nitrogens is 3. The van der Waals surface area contributed by atoms with E-state index in [2.05, 4.69) is 41.4 Å². The molecule has 0 amide bonds. The van der Waals surface area contributed by atoms with Crippen molar-refractivity contribution in [3.05, 3.63) is 63.6 Å². The lowest BCUT2D eigenvalue weighted by molar-refractivity contribution is 0.762. The highest BCUT2D eigenvalue weighted by atomic mass is 35.5. The average Bonchev–Trinajstić information content (AvgIpc) is 2.97. The van der Waals surface area contributed by atoms with Gasteiger partial charge in [-0.05, 0) is 30.7 Å². The molecule has 0 bridgehead atoms. The van der Waals surface area contributed by atoms with Crippen LogP contribution in [0.2, 0.25) is 10.0 Å².